The fourth-order valence-corrected chi connectivity index (χ4v) is 2.42. The first-order chi connectivity index (χ1) is 8.56. The highest BCUT2D eigenvalue weighted by Crippen LogP contribution is 2.14. The number of thiazole rings is 1. The van der Waals surface area contributed by atoms with Crippen molar-refractivity contribution in [3.63, 3.8) is 0 Å². The maximum atomic E-state index is 12.1. The fourth-order valence-electron chi connectivity index (χ4n) is 1.42. The molecule has 0 saturated carbocycles. The molecule has 5 nitrogen and oxygen atoms in total. The lowest BCUT2D eigenvalue weighted by molar-refractivity contribution is 0.0780. The van der Waals surface area contributed by atoms with Gasteiger partial charge in [0, 0.05) is 18.1 Å². The van der Waals surface area contributed by atoms with Gasteiger partial charge in [0.25, 0.3) is 5.91 Å². The Morgan fingerprint density at radius 1 is 1.44 bits per heavy atom. The predicted octanol–water partition coefficient (Wildman–Crippen LogP) is 2.17. The Kier molecular flexibility index (Phi) is 3.88. The van der Waals surface area contributed by atoms with E-state index in [1.165, 1.54) is 12.4 Å². The third-order valence-electron chi connectivity index (χ3n) is 2.23. The molecule has 0 aliphatic rings. The smallest absolute Gasteiger partial charge is 0.274 e. The van der Waals surface area contributed by atoms with Crippen molar-refractivity contribution in [3.05, 3.63) is 39.3 Å². The average Bonchev–Trinajstić information content (AvgIpc) is 2.73. The van der Waals surface area contributed by atoms with Gasteiger partial charge in [0.2, 0.25) is 0 Å². The Balaban J connectivity index is 2.09. The van der Waals surface area contributed by atoms with Gasteiger partial charge in [-0.05, 0) is 6.92 Å². The van der Waals surface area contributed by atoms with Crippen molar-refractivity contribution in [2.24, 2.45) is 0 Å². The van der Waals surface area contributed by atoms with Crippen molar-refractivity contribution in [1.29, 1.82) is 0 Å². The van der Waals surface area contributed by atoms with Crippen molar-refractivity contribution in [3.8, 4) is 0 Å². The molecular formula is C11H11ClN4OS. The molecule has 2 aromatic rings. The van der Waals surface area contributed by atoms with E-state index in [4.69, 9.17) is 11.6 Å². The lowest BCUT2D eigenvalue weighted by Gasteiger charge is -2.15. The van der Waals surface area contributed by atoms with Gasteiger partial charge in [-0.25, -0.2) is 9.97 Å². The molecule has 0 bridgehead atoms. The second kappa shape index (κ2) is 5.41. The normalized spacial score (nSPS) is 10.4. The molecule has 0 atom stereocenters. The summed E-state index contributed by atoms with van der Waals surface area (Å²) in [5.41, 5.74) is 0.242. The summed E-state index contributed by atoms with van der Waals surface area (Å²) in [6.45, 7) is 2.43. The molecule has 7 heteroatoms. The topological polar surface area (TPSA) is 59.0 Å². The van der Waals surface area contributed by atoms with Crippen LogP contribution in [-0.4, -0.2) is 32.8 Å². The summed E-state index contributed by atoms with van der Waals surface area (Å²) in [5.74, 6) is -0.212. The summed E-state index contributed by atoms with van der Waals surface area (Å²) in [4.78, 5) is 26.6. The molecule has 0 unspecified atom stereocenters. The quantitative estimate of drug-likeness (QED) is 0.866. The molecule has 0 radical (unpaired) electrons. The molecule has 1 amide bonds. The van der Waals surface area contributed by atoms with Gasteiger partial charge in [0.15, 0.2) is 0 Å². The van der Waals surface area contributed by atoms with Crippen molar-refractivity contribution in [2.45, 2.75) is 13.5 Å². The van der Waals surface area contributed by atoms with Crippen LogP contribution in [-0.2, 0) is 6.54 Å². The van der Waals surface area contributed by atoms with Crippen molar-refractivity contribution in [2.75, 3.05) is 7.05 Å². The monoisotopic (exact) mass is 282 g/mol. The van der Waals surface area contributed by atoms with E-state index >= 15 is 0 Å². The van der Waals surface area contributed by atoms with Gasteiger partial charge in [-0.15, -0.1) is 11.3 Å². The highest BCUT2D eigenvalue weighted by atomic mass is 35.5. The van der Waals surface area contributed by atoms with E-state index in [1.54, 1.807) is 29.5 Å². The minimum Gasteiger partial charge on any atom is -0.335 e. The number of aryl methyl sites for hydroxylation is 1. The number of hydrogen-bond donors (Lipinski definition) is 0. The Hall–Kier alpha value is -1.53. The molecule has 0 spiro atoms. The van der Waals surface area contributed by atoms with E-state index in [1.807, 2.05) is 6.92 Å². The van der Waals surface area contributed by atoms with Crippen LogP contribution in [0.3, 0.4) is 0 Å². The molecule has 2 heterocycles. The van der Waals surface area contributed by atoms with Gasteiger partial charge in [0.05, 0.1) is 23.9 Å². The number of nitrogens with zero attached hydrogens (tertiary/aromatic N) is 4. The maximum absolute atomic E-state index is 12.1. The lowest BCUT2D eigenvalue weighted by Crippen LogP contribution is -2.26. The minimum absolute atomic E-state index is 0.211. The van der Waals surface area contributed by atoms with Crippen LogP contribution in [0.2, 0.25) is 5.15 Å². The largest absolute Gasteiger partial charge is 0.335 e. The molecule has 2 aromatic heterocycles. The summed E-state index contributed by atoms with van der Waals surface area (Å²) >= 11 is 7.27. The highest BCUT2D eigenvalue weighted by Gasteiger charge is 2.15. The van der Waals surface area contributed by atoms with E-state index in [0.717, 1.165) is 9.88 Å². The second-order valence-electron chi connectivity index (χ2n) is 3.73. The Morgan fingerprint density at radius 3 is 2.83 bits per heavy atom. The van der Waals surface area contributed by atoms with Crippen molar-refractivity contribution < 1.29 is 4.79 Å². The SMILES string of the molecule is Cc1ncc(CN(C)C(=O)c2cncc(Cl)n2)s1. The van der Waals surface area contributed by atoms with Gasteiger partial charge in [0.1, 0.15) is 10.8 Å². The number of rotatable bonds is 3. The number of carbonyl (C=O) groups is 1. The van der Waals surface area contributed by atoms with Crippen LogP contribution in [0.1, 0.15) is 20.4 Å². The Labute approximate surface area is 113 Å². The molecule has 0 N–H and O–H groups in total. The first kappa shape index (κ1) is 12.9. The fraction of sp³-hybridized carbons (Fsp3) is 0.273. The number of carbonyl (C=O) groups excluding carboxylic acids is 1. The van der Waals surface area contributed by atoms with E-state index < -0.39 is 0 Å². The summed E-state index contributed by atoms with van der Waals surface area (Å²) < 4.78 is 0. The summed E-state index contributed by atoms with van der Waals surface area (Å²) in [6, 6.07) is 0. The number of hydrogen-bond acceptors (Lipinski definition) is 5. The standard InChI is InChI=1S/C11H11ClN4OS/c1-7-14-3-8(18-7)6-16(2)11(17)9-4-13-5-10(12)15-9/h3-5H,6H2,1-2H3. The lowest BCUT2D eigenvalue weighted by atomic mass is 10.3. The Morgan fingerprint density at radius 2 is 2.22 bits per heavy atom. The van der Waals surface area contributed by atoms with E-state index in [0.29, 0.717) is 6.54 Å². The number of amides is 1. The van der Waals surface area contributed by atoms with E-state index in [2.05, 4.69) is 15.0 Å². The molecule has 0 saturated heterocycles. The second-order valence-corrected chi connectivity index (χ2v) is 5.44. The first-order valence-electron chi connectivity index (χ1n) is 5.20. The van der Waals surface area contributed by atoms with Crippen LogP contribution in [0, 0.1) is 6.92 Å². The summed E-state index contributed by atoms with van der Waals surface area (Å²) in [5, 5.41) is 1.19. The van der Waals surface area contributed by atoms with Gasteiger partial charge < -0.3 is 4.90 Å². The molecule has 18 heavy (non-hydrogen) atoms. The predicted molar refractivity (Wildman–Crippen MR) is 69.7 cm³/mol. The number of aromatic nitrogens is 3. The minimum atomic E-state index is -0.212. The van der Waals surface area contributed by atoms with Gasteiger partial charge in [-0.3, -0.25) is 9.78 Å². The molecule has 0 aliphatic heterocycles. The zero-order valence-electron chi connectivity index (χ0n) is 9.92. The van der Waals surface area contributed by atoms with Crippen molar-refractivity contribution >= 4 is 28.8 Å². The van der Waals surface area contributed by atoms with Gasteiger partial charge >= 0.3 is 0 Å². The van der Waals surface area contributed by atoms with E-state index in [-0.39, 0.29) is 16.8 Å². The third kappa shape index (κ3) is 3.02. The van der Waals surface area contributed by atoms with Gasteiger partial charge in [-0.2, -0.15) is 0 Å². The van der Waals surface area contributed by atoms with Crippen LogP contribution in [0.4, 0.5) is 0 Å². The zero-order chi connectivity index (χ0) is 13.1. The van der Waals surface area contributed by atoms with E-state index in [9.17, 15) is 4.79 Å². The molecule has 0 aromatic carbocycles. The van der Waals surface area contributed by atoms with Crippen molar-refractivity contribution in [1.82, 2.24) is 19.9 Å². The first-order valence-corrected chi connectivity index (χ1v) is 6.40. The highest BCUT2D eigenvalue weighted by molar-refractivity contribution is 7.11. The van der Waals surface area contributed by atoms with Crippen LogP contribution in [0.25, 0.3) is 0 Å². The molecule has 94 valence electrons. The molecule has 0 aliphatic carbocycles. The maximum Gasteiger partial charge on any atom is 0.274 e. The van der Waals surface area contributed by atoms with Crippen LogP contribution >= 0.6 is 22.9 Å². The molecular weight excluding hydrogens is 272 g/mol. The zero-order valence-corrected chi connectivity index (χ0v) is 11.5. The number of halogens is 1. The van der Waals surface area contributed by atoms with Crippen LogP contribution < -0.4 is 0 Å². The molecule has 0 fully saturated rings. The van der Waals surface area contributed by atoms with Gasteiger partial charge in [-0.1, -0.05) is 11.6 Å². The third-order valence-corrected chi connectivity index (χ3v) is 3.31. The van der Waals surface area contributed by atoms with Crippen LogP contribution in [0.5, 0.6) is 0 Å². The Bertz CT molecular complexity index is 572. The molecule has 2 rings (SSSR count). The summed E-state index contributed by atoms with van der Waals surface area (Å²) in [7, 11) is 1.71. The average molecular weight is 283 g/mol. The van der Waals surface area contributed by atoms with Crippen LogP contribution in [0.15, 0.2) is 18.6 Å². The summed E-state index contributed by atoms with van der Waals surface area (Å²) in [6.07, 6.45) is 4.57.